The first-order valence-electron chi connectivity index (χ1n) is 6.52. The zero-order valence-electron chi connectivity index (χ0n) is 11.3. The Morgan fingerprint density at radius 1 is 1.37 bits per heavy atom. The van der Waals surface area contributed by atoms with Crippen molar-refractivity contribution >= 4 is 15.9 Å². The SMILES string of the molecule is CCC(C)(CO)NCc1cc(Br)c2c(c1)OCCO2. The molecule has 0 aromatic heterocycles. The number of hydrogen-bond donors (Lipinski definition) is 2. The van der Waals surface area contributed by atoms with E-state index < -0.39 is 0 Å². The minimum Gasteiger partial charge on any atom is -0.486 e. The molecule has 1 aromatic carbocycles. The molecule has 1 heterocycles. The molecule has 1 aromatic rings. The van der Waals surface area contributed by atoms with E-state index in [9.17, 15) is 5.11 Å². The van der Waals surface area contributed by atoms with E-state index in [4.69, 9.17) is 9.47 Å². The zero-order valence-corrected chi connectivity index (χ0v) is 12.9. The van der Waals surface area contributed by atoms with Gasteiger partial charge in [-0.05, 0) is 47.0 Å². The van der Waals surface area contributed by atoms with Crippen LogP contribution in [0.1, 0.15) is 25.8 Å². The lowest BCUT2D eigenvalue weighted by atomic mass is 10.00. The van der Waals surface area contributed by atoms with E-state index in [0.717, 1.165) is 28.0 Å². The topological polar surface area (TPSA) is 50.7 Å². The summed E-state index contributed by atoms with van der Waals surface area (Å²) in [7, 11) is 0. The summed E-state index contributed by atoms with van der Waals surface area (Å²) in [6.45, 7) is 6.04. The van der Waals surface area contributed by atoms with Crippen LogP contribution < -0.4 is 14.8 Å². The molecule has 19 heavy (non-hydrogen) atoms. The van der Waals surface area contributed by atoms with E-state index in [0.29, 0.717) is 19.8 Å². The highest BCUT2D eigenvalue weighted by molar-refractivity contribution is 9.10. The highest BCUT2D eigenvalue weighted by Gasteiger charge is 2.21. The monoisotopic (exact) mass is 329 g/mol. The summed E-state index contributed by atoms with van der Waals surface area (Å²) in [4.78, 5) is 0. The quantitative estimate of drug-likeness (QED) is 0.871. The Labute approximate surface area is 122 Å². The average molecular weight is 330 g/mol. The van der Waals surface area contributed by atoms with E-state index >= 15 is 0 Å². The molecule has 0 fully saturated rings. The van der Waals surface area contributed by atoms with Gasteiger partial charge in [-0.2, -0.15) is 0 Å². The van der Waals surface area contributed by atoms with Crippen molar-refractivity contribution in [3.8, 4) is 11.5 Å². The first-order valence-corrected chi connectivity index (χ1v) is 7.31. The Bertz CT molecular complexity index is 447. The second kappa shape index (κ2) is 6.11. The first kappa shape index (κ1) is 14.6. The van der Waals surface area contributed by atoms with Gasteiger partial charge in [-0.3, -0.25) is 0 Å². The summed E-state index contributed by atoms with van der Waals surface area (Å²) in [6, 6.07) is 4.01. The fraction of sp³-hybridized carbons (Fsp3) is 0.571. The third-order valence-electron chi connectivity index (χ3n) is 3.51. The largest absolute Gasteiger partial charge is 0.486 e. The number of fused-ring (bicyclic) bond motifs is 1. The van der Waals surface area contributed by atoms with Crippen molar-refractivity contribution in [3.63, 3.8) is 0 Å². The molecule has 1 atom stereocenters. The molecule has 5 heteroatoms. The van der Waals surface area contributed by atoms with Crippen LogP contribution in [0.15, 0.2) is 16.6 Å². The molecule has 106 valence electrons. The molecule has 0 spiro atoms. The van der Waals surface area contributed by atoms with Crippen molar-refractivity contribution in [1.29, 1.82) is 0 Å². The molecule has 0 aliphatic carbocycles. The molecule has 0 radical (unpaired) electrons. The Balaban J connectivity index is 2.11. The predicted molar refractivity (Wildman–Crippen MR) is 77.8 cm³/mol. The van der Waals surface area contributed by atoms with Gasteiger partial charge < -0.3 is 19.9 Å². The Hall–Kier alpha value is -0.780. The zero-order chi connectivity index (χ0) is 13.9. The van der Waals surface area contributed by atoms with Gasteiger partial charge in [0.1, 0.15) is 13.2 Å². The van der Waals surface area contributed by atoms with Gasteiger partial charge in [0.25, 0.3) is 0 Å². The predicted octanol–water partition coefficient (Wildman–Crippen LogP) is 2.47. The van der Waals surface area contributed by atoms with E-state index in [2.05, 4.69) is 28.2 Å². The molecular formula is C14H20BrNO3. The van der Waals surface area contributed by atoms with Gasteiger partial charge in [-0.25, -0.2) is 0 Å². The van der Waals surface area contributed by atoms with Crippen molar-refractivity contribution in [2.45, 2.75) is 32.4 Å². The van der Waals surface area contributed by atoms with Gasteiger partial charge in [0.2, 0.25) is 0 Å². The van der Waals surface area contributed by atoms with Crippen molar-refractivity contribution in [1.82, 2.24) is 5.32 Å². The Morgan fingerprint density at radius 3 is 2.79 bits per heavy atom. The highest BCUT2D eigenvalue weighted by Crippen LogP contribution is 2.38. The number of benzene rings is 1. The number of aliphatic hydroxyl groups excluding tert-OH is 1. The van der Waals surface area contributed by atoms with Crippen molar-refractivity contribution in [2.24, 2.45) is 0 Å². The second-order valence-electron chi connectivity index (χ2n) is 5.03. The fourth-order valence-electron chi connectivity index (χ4n) is 1.87. The number of nitrogens with one attached hydrogen (secondary N) is 1. The van der Waals surface area contributed by atoms with Crippen LogP contribution in [-0.4, -0.2) is 30.5 Å². The average Bonchev–Trinajstić information content (AvgIpc) is 2.45. The highest BCUT2D eigenvalue weighted by atomic mass is 79.9. The van der Waals surface area contributed by atoms with Crippen LogP contribution in [0.2, 0.25) is 0 Å². The summed E-state index contributed by atoms with van der Waals surface area (Å²) < 4.78 is 12.1. The first-order chi connectivity index (χ1) is 9.08. The van der Waals surface area contributed by atoms with E-state index in [1.54, 1.807) is 0 Å². The molecule has 4 nitrogen and oxygen atoms in total. The van der Waals surface area contributed by atoms with Gasteiger partial charge in [0.05, 0.1) is 11.1 Å². The molecule has 1 unspecified atom stereocenters. The summed E-state index contributed by atoms with van der Waals surface area (Å²) in [5.74, 6) is 1.55. The van der Waals surface area contributed by atoms with Gasteiger partial charge in [0.15, 0.2) is 11.5 Å². The summed E-state index contributed by atoms with van der Waals surface area (Å²) in [5, 5.41) is 12.8. The van der Waals surface area contributed by atoms with Crippen molar-refractivity contribution in [3.05, 3.63) is 22.2 Å². The van der Waals surface area contributed by atoms with Crippen molar-refractivity contribution < 1.29 is 14.6 Å². The third kappa shape index (κ3) is 3.41. The smallest absolute Gasteiger partial charge is 0.175 e. The molecule has 1 aliphatic heterocycles. The molecule has 0 saturated carbocycles. The number of halogens is 1. The maximum absolute atomic E-state index is 9.39. The van der Waals surface area contributed by atoms with Gasteiger partial charge in [-0.1, -0.05) is 6.92 Å². The number of hydrogen-bond acceptors (Lipinski definition) is 4. The van der Waals surface area contributed by atoms with Crippen LogP contribution in [0.4, 0.5) is 0 Å². The van der Waals surface area contributed by atoms with E-state index in [-0.39, 0.29) is 12.1 Å². The minimum absolute atomic E-state index is 0.120. The normalized spacial score (nSPS) is 17.1. The van der Waals surface area contributed by atoms with Crippen LogP contribution in [-0.2, 0) is 6.54 Å². The molecule has 1 aliphatic rings. The lowest BCUT2D eigenvalue weighted by Crippen LogP contribution is -2.44. The molecule has 0 amide bonds. The van der Waals surface area contributed by atoms with Crippen LogP contribution in [0.25, 0.3) is 0 Å². The molecule has 0 saturated heterocycles. The van der Waals surface area contributed by atoms with Crippen LogP contribution in [0, 0.1) is 0 Å². The van der Waals surface area contributed by atoms with Crippen LogP contribution >= 0.6 is 15.9 Å². The number of rotatable bonds is 5. The standard InChI is InChI=1S/C14H20BrNO3/c1-3-14(2,9-17)16-8-10-6-11(15)13-12(7-10)18-4-5-19-13/h6-7,16-17H,3-5,8-9H2,1-2H3. The lowest BCUT2D eigenvalue weighted by molar-refractivity contribution is 0.166. The molecular weight excluding hydrogens is 310 g/mol. The fourth-order valence-corrected chi connectivity index (χ4v) is 2.48. The van der Waals surface area contributed by atoms with Gasteiger partial charge in [0, 0.05) is 12.1 Å². The maximum atomic E-state index is 9.39. The summed E-state index contributed by atoms with van der Waals surface area (Å²) in [5.41, 5.74) is 0.851. The Kier molecular flexibility index (Phi) is 4.71. The summed E-state index contributed by atoms with van der Waals surface area (Å²) >= 11 is 3.51. The second-order valence-corrected chi connectivity index (χ2v) is 5.88. The minimum atomic E-state index is -0.250. The van der Waals surface area contributed by atoms with Crippen molar-refractivity contribution in [2.75, 3.05) is 19.8 Å². The van der Waals surface area contributed by atoms with Gasteiger partial charge >= 0.3 is 0 Å². The lowest BCUT2D eigenvalue weighted by Gasteiger charge is -2.28. The molecule has 2 N–H and O–H groups in total. The molecule has 0 bridgehead atoms. The maximum Gasteiger partial charge on any atom is 0.175 e. The molecule has 2 rings (SSSR count). The Morgan fingerprint density at radius 2 is 2.11 bits per heavy atom. The van der Waals surface area contributed by atoms with Crippen LogP contribution in [0.5, 0.6) is 11.5 Å². The number of ether oxygens (including phenoxy) is 2. The van der Waals surface area contributed by atoms with Crippen LogP contribution in [0.3, 0.4) is 0 Å². The van der Waals surface area contributed by atoms with E-state index in [1.807, 2.05) is 19.1 Å². The number of aliphatic hydroxyl groups is 1. The van der Waals surface area contributed by atoms with Gasteiger partial charge in [-0.15, -0.1) is 0 Å². The third-order valence-corrected chi connectivity index (χ3v) is 4.09. The van der Waals surface area contributed by atoms with E-state index in [1.165, 1.54) is 0 Å². The summed E-state index contributed by atoms with van der Waals surface area (Å²) in [6.07, 6.45) is 0.870.